The van der Waals surface area contributed by atoms with Gasteiger partial charge >= 0.3 is 0 Å². The zero-order chi connectivity index (χ0) is 8.10. The molecular formula is C6H8N2O3. The minimum atomic E-state index is -0.404. The summed E-state index contributed by atoms with van der Waals surface area (Å²) in [5, 5.41) is 0. The van der Waals surface area contributed by atoms with Gasteiger partial charge in [0.25, 0.3) is 6.47 Å². The molecule has 60 valence electrons. The maximum Gasteiger partial charge on any atom is 0.293 e. The van der Waals surface area contributed by atoms with Crippen LogP contribution in [-0.4, -0.2) is 18.1 Å². The second-order valence-corrected chi connectivity index (χ2v) is 1.95. The number of rotatable bonds is 4. The number of carbonyl (C=O) groups is 1. The summed E-state index contributed by atoms with van der Waals surface area (Å²) in [5.41, 5.74) is 6.09. The van der Waals surface area contributed by atoms with Gasteiger partial charge in [-0.15, -0.1) is 0 Å². The fourth-order valence-corrected chi connectivity index (χ4v) is 0.633. The molecule has 11 heavy (non-hydrogen) atoms. The number of ether oxygens (including phenoxy) is 1. The van der Waals surface area contributed by atoms with Crippen molar-refractivity contribution in [2.45, 2.75) is 6.04 Å². The number of hydrogen-bond donors (Lipinski definition) is 1. The highest BCUT2D eigenvalue weighted by Crippen LogP contribution is 2.05. The molecule has 1 aromatic heterocycles. The Hall–Kier alpha value is -1.36. The van der Waals surface area contributed by atoms with E-state index in [9.17, 15) is 4.79 Å². The maximum atomic E-state index is 9.76. The molecule has 0 spiro atoms. The van der Waals surface area contributed by atoms with Crippen LogP contribution in [0.15, 0.2) is 17.1 Å². The quantitative estimate of drug-likeness (QED) is 0.613. The Labute approximate surface area is 63.2 Å². The van der Waals surface area contributed by atoms with Crippen LogP contribution in [0.25, 0.3) is 0 Å². The first kappa shape index (κ1) is 7.74. The highest BCUT2D eigenvalue weighted by atomic mass is 16.5. The Morgan fingerprint density at radius 3 is 3.27 bits per heavy atom. The van der Waals surface area contributed by atoms with Gasteiger partial charge in [-0.2, -0.15) is 0 Å². The van der Waals surface area contributed by atoms with E-state index in [1.54, 1.807) is 0 Å². The predicted molar refractivity (Wildman–Crippen MR) is 35.4 cm³/mol. The first-order valence-electron chi connectivity index (χ1n) is 3.03. The van der Waals surface area contributed by atoms with E-state index >= 15 is 0 Å². The van der Waals surface area contributed by atoms with Crippen molar-refractivity contribution in [2.75, 3.05) is 6.61 Å². The summed E-state index contributed by atoms with van der Waals surface area (Å²) in [4.78, 5) is 13.5. The molecule has 1 heterocycles. The van der Waals surface area contributed by atoms with E-state index < -0.39 is 6.04 Å². The molecule has 0 aliphatic rings. The van der Waals surface area contributed by atoms with E-state index in [1.807, 2.05) is 0 Å². The molecule has 5 nitrogen and oxygen atoms in total. The summed E-state index contributed by atoms with van der Waals surface area (Å²) in [7, 11) is 0. The van der Waals surface area contributed by atoms with Crippen molar-refractivity contribution in [3.05, 3.63) is 18.4 Å². The summed E-state index contributed by atoms with van der Waals surface area (Å²) in [6, 6.07) is -0.404. The lowest BCUT2D eigenvalue weighted by Crippen LogP contribution is -2.16. The van der Waals surface area contributed by atoms with E-state index in [0.717, 1.165) is 0 Å². The number of carbonyl (C=O) groups excluding carboxylic acids is 1. The highest BCUT2D eigenvalue weighted by Gasteiger charge is 2.08. The number of nitrogens with zero attached hydrogens (tertiary/aromatic N) is 1. The van der Waals surface area contributed by atoms with E-state index in [-0.39, 0.29) is 6.61 Å². The third kappa shape index (κ3) is 2.05. The van der Waals surface area contributed by atoms with Crippen molar-refractivity contribution in [3.63, 3.8) is 0 Å². The number of aromatic nitrogens is 1. The average molecular weight is 156 g/mol. The van der Waals surface area contributed by atoms with Gasteiger partial charge in [-0.3, -0.25) is 4.79 Å². The largest absolute Gasteiger partial charge is 0.466 e. The van der Waals surface area contributed by atoms with Gasteiger partial charge < -0.3 is 14.9 Å². The molecule has 0 amide bonds. The first-order valence-corrected chi connectivity index (χ1v) is 3.03. The Morgan fingerprint density at radius 1 is 1.91 bits per heavy atom. The van der Waals surface area contributed by atoms with Gasteiger partial charge in [0.2, 0.25) is 0 Å². The monoisotopic (exact) mass is 156 g/mol. The molecule has 1 unspecified atom stereocenters. The van der Waals surface area contributed by atoms with Crippen molar-refractivity contribution < 1.29 is 13.9 Å². The van der Waals surface area contributed by atoms with E-state index in [0.29, 0.717) is 12.2 Å². The molecule has 0 radical (unpaired) electrons. The molecule has 1 aromatic rings. The molecular weight excluding hydrogens is 148 g/mol. The van der Waals surface area contributed by atoms with Crippen LogP contribution in [0.4, 0.5) is 0 Å². The standard InChI is InChI=1S/C6H8N2O3/c7-5(1-11-4-9)6-2-10-3-8-6/h2-5H,1,7H2. The fraction of sp³-hybridized carbons (Fsp3) is 0.333. The molecule has 0 aliphatic heterocycles. The van der Waals surface area contributed by atoms with Crippen LogP contribution >= 0.6 is 0 Å². The smallest absolute Gasteiger partial charge is 0.293 e. The summed E-state index contributed by atoms with van der Waals surface area (Å²) in [6.45, 7) is 0.468. The maximum absolute atomic E-state index is 9.76. The molecule has 0 saturated heterocycles. The normalized spacial score (nSPS) is 12.5. The van der Waals surface area contributed by atoms with Gasteiger partial charge in [-0.05, 0) is 0 Å². The van der Waals surface area contributed by atoms with Gasteiger partial charge in [-0.25, -0.2) is 4.98 Å². The van der Waals surface area contributed by atoms with Crippen LogP contribution in [-0.2, 0) is 9.53 Å². The Morgan fingerprint density at radius 2 is 2.73 bits per heavy atom. The average Bonchev–Trinajstić information content (AvgIpc) is 2.52. The van der Waals surface area contributed by atoms with Crippen molar-refractivity contribution in [1.82, 2.24) is 4.98 Å². The lowest BCUT2D eigenvalue weighted by molar-refractivity contribution is -0.129. The Bertz CT molecular complexity index is 210. The van der Waals surface area contributed by atoms with Crippen LogP contribution < -0.4 is 5.73 Å². The van der Waals surface area contributed by atoms with Gasteiger partial charge in [-0.1, -0.05) is 0 Å². The van der Waals surface area contributed by atoms with Crippen LogP contribution in [0.3, 0.4) is 0 Å². The molecule has 0 aromatic carbocycles. The van der Waals surface area contributed by atoms with Crippen molar-refractivity contribution in [2.24, 2.45) is 5.73 Å². The first-order chi connectivity index (χ1) is 5.34. The summed E-state index contributed by atoms with van der Waals surface area (Å²) in [6.07, 6.45) is 2.69. The topological polar surface area (TPSA) is 78.4 Å². The van der Waals surface area contributed by atoms with Gasteiger partial charge in [0, 0.05) is 0 Å². The fourth-order valence-electron chi connectivity index (χ4n) is 0.633. The predicted octanol–water partition coefficient (Wildman–Crippen LogP) is -0.153. The summed E-state index contributed by atoms with van der Waals surface area (Å²) in [5.74, 6) is 0. The number of nitrogens with two attached hydrogens (primary N) is 1. The second kappa shape index (κ2) is 3.72. The molecule has 0 bridgehead atoms. The lowest BCUT2D eigenvalue weighted by atomic mass is 10.3. The molecule has 1 atom stereocenters. The van der Waals surface area contributed by atoms with E-state index in [2.05, 4.69) is 14.1 Å². The van der Waals surface area contributed by atoms with Crippen molar-refractivity contribution in [3.8, 4) is 0 Å². The van der Waals surface area contributed by atoms with Gasteiger partial charge in [0.15, 0.2) is 6.39 Å². The molecule has 1 rings (SSSR count). The van der Waals surface area contributed by atoms with Gasteiger partial charge in [0.1, 0.15) is 12.9 Å². The SMILES string of the molecule is NC(COC=O)c1cocn1. The minimum Gasteiger partial charge on any atom is -0.466 e. The molecule has 0 saturated carbocycles. The van der Waals surface area contributed by atoms with E-state index in [1.165, 1.54) is 12.7 Å². The highest BCUT2D eigenvalue weighted by molar-refractivity contribution is 5.37. The van der Waals surface area contributed by atoms with Crippen LogP contribution in [0.5, 0.6) is 0 Å². The zero-order valence-electron chi connectivity index (χ0n) is 5.77. The lowest BCUT2D eigenvalue weighted by Gasteiger charge is -2.04. The van der Waals surface area contributed by atoms with Crippen LogP contribution in [0, 0.1) is 0 Å². The van der Waals surface area contributed by atoms with Crippen molar-refractivity contribution >= 4 is 6.47 Å². The van der Waals surface area contributed by atoms with Crippen LogP contribution in [0.1, 0.15) is 11.7 Å². The molecule has 5 heteroatoms. The second-order valence-electron chi connectivity index (χ2n) is 1.95. The molecule has 2 N–H and O–H groups in total. The van der Waals surface area contributed by atoms with Crippen LogP contribution in [0.2, 0.25) is 0 Å². The van der Waals surface area contributed by atoms with E-state index in [4.69, 9.17) is 5.73 Å². The summed E-state index contributed by atoms with van der Waals surface area (Å²) >= 11 is 0. The number of oxazole rings is 1. The minimum absolute atomic E-state index is 0.121. The van der Waals surface area contributed by atoms with Crippen molar-refractivity contribution in [1.29, 1.82) is 0 Å². The Balaban J connectivity index is 2.42. The third-order valence-corrected chi connectivity index (χ3v) is 1.18. The summed E-state index contributed by atoms with van der Waals surface area (Å²) < 4.78 is 9.11. The van der Waals surface area contributed by atoms with Gasteiger partial charge in [0.05, 0.1) is 11.7 Å². The Kier molecular flexibility index (Phi) is 2.62. The number of hydrogen-bond acceptors (Lipinski definition) is 5. The zero-order valence-corrected chi connectivity index (χ0v) is 5.77. The third-order valence-electron chi connectivity index (χ3n) is 1.18. The molecule has 0 fully saturated rings. The molecule has 0 aliphatic carbocycles.